The van der Waals surface area contributed by atoms with Gasteiger partial charge in [0.05, 0.1) is 34.6 Å². The Morgan fingerprint density at radius 1 is 1.14 bits per heavy atom. The number of nitrogens with zero attached hydrogens (tertiary/aromatic N) is 4. The smallest absolute Gasteiger partial charge is 0.222 e. The number of carbonyl (C=O) groups excluding carboxylic acids is 2. The third-order valence-corrected chi connectivity index (χ3v) is 7.58. The highest BCUT2D eigenvalue weighted by Crippen LogP contribution is 2.40. The van der Waals surface area contributed by atoms with Gasteiger partial charge in [0.1, 0.15) is 12.5 Å². The van der Waals surface area contributed by atoms with Crippen LogP contribution in [0.5, 0.6) is 0 Å². The molecule has 0 atom stereocenters. The van der Waals surface area contributed by atoms with Gasteiger partial charge in [0.2, 0.25) is 5.91 Å². The normalized spacial score (nSPS) is 11.6. The van der Waals surface area contributed by atoms with E-state index in [0.29, 0.717) is 34.8 Å². The zero-order valence-corrected chi connectivity index (χ0v) is 22.5. The first kappa shape index (κ1) is 26.3. The summed E-state index contributed by atoms with van der Waals surface area (Å²) in [4.78, 5) is 36.8. The Morgan fingerprint density at radius 3 is 2.59 bits per heavy atom. The van der Waals surface area contributed by atoms with E-state index >= 15 is 0 Å². The molecule has 192 valence electrons. The zero-order chi connectivity index (χ0) is 26.6. The molecule has 0 aromatic carbocycles. The standard InChI is InChI=1S/C27H31N5O4Si/c1-18(35)31-24-12-21(7-8-28-24)27-25(22-6-5-19(15-33)13-29-22)26-23(11-20(16-34)14-30-26)32(27)17-36-9-10-37(2,3)4/h5-8,11-14,16,33H,9-10,15,17H2,1-4H3,(H,28,31,35). The number of aliphatic hydroxyl groups excluding tert-OH is 1. The number of fused-ring (bicyclic) bond motifs is 1. The van der Waals surface area contributed by atoms with E-state index in [1.165, 1.54) is 13.1 Å². The molecule has 0 aliphatic carbocycles. The van der Waals surface area contributed by atoms with E-state index in [2.05, 4.69) is 39.9 Å². The summed E-state index contributed by atoms with van der Waals surface area (Å²) in [5.74, 6) is 0.191. The largest absolute Gasteiger partial charge is 0.392 e. The van der Waals surface area contributed by atoms with Gasteiger partial charge in [-0.05, 0) is 35.9 Å². The van der Waals surface area contributed by atoms with Crippen LogP contribution in [0.2, 0.25) is 25.7 Å². The van der Waals surface area contributed by atoms with Crippen molar-refractivity contribution in [3.8, 4) is 22.5 Å². The van der Waals surface area contributed by atoms with E-state index in [9.17, 15) is 14.7 Å². The van der Waals surface area contributed by atoms with Crippen molar-refractivity contribution in [3.05, 3.63) is 60.0 Å². The molecule has 0 saturated carbocycles. The number of nitrogens with one attached hydrogen (secondary N) is 1. The van der Waals surface area contributed by atoms with Gasteiger partial charge in [-0.15, -0.1) is 0 Å². The molecule has 1 amide bonds. The maximum Gasteiger partial charge on any atom is 0.222 e. The first-order chi connectivity index (χ1) is 17.7. The molecule has 2 N–H and O–H groups in total. The van der Waals surface area contributed by atoms with Crippen LogP contribution < -0.4 is 5.32 Å². The number of pyridine rings is 3. The van der Waals surface area contributed by atoms with Gasteiger partial charge in [-0.1, -0.05) is 25.7 Å². The lowest BCUT2D eigenvalue weighted by molar-refractivity contribution is -0.114. The average Bonchev–Trinajstić information content (AvgIpc) is 3.19. The molecule has 10 heteroatoms. The van der Waals surface area contributed by atoms with Crippen LogP contribution in [0.3, 0.4) is 0 Å². The van der Waals surface area contributed by atoms with Gasteiger partial charge in [0, 0.05) is 51.3 Å². The van der Waals surface area contributed by atoms with Gasteiger partial charge in [-0.3, -0.25) is 19.6 Å². The van der Waals surface area contributed by atoms with Crippen LogP contribution >= 0.6 is 0 Å². The second-order valence-corrected chi connectivity index (χ2v) is 15.7. The number of ether oxygens (including phenoxy) is 1. The topological polar surface area (TPSA) is 119 Å². The van der Waals surface area contributed by atoms with E-state index in [1.54, 1.807) is 24.5 Å². The van der Waals surface area contributed by atoms with Crippen molar-refractivity contribution in [2.24, 2.45) is 0 Å². The third kappa shape index (κ3) is 6.16. The molecule has 9 nitrogen and oxygen atoms in total. The zero-order valence-electron chi connectivity index (χ0n) is 21.5. The molecule has 4 aromatic heterocycles. The maximum absolute atomic E-state index is 11.7. The Morgan fingerprint density at radius 2 is 1.95 bits per heavy atom. The molecule has 4 aromatic rings. The summed E-state index contributed by atoms with van der Waals surface area (Å²) >= 11 is 0. The van der Waals surface area contributed by atoms with Crippen molar-refractivity contribution in [2.75, 3.05) is 11.9 Å². The van der Waals surface area contributed by atoms with Crippen LogP contribution in [-0.2, 0) is 22.9 Å². The molecular formula is C27H31N5O4Si. The van der Waals surface area contributed by atoms with Gasteiger partial charge in [-0.25, -0.2) is 4.98 Å². The molecule has 0 radical (unpaired) electrons. The Kier molecular flexibility index (Phi) is 7.91. The van der Waals surface area contributed by atoms with Crippen LogP contribution in [-0.4, -0.2) is 51.5 Å². The molecule has 0 spiro atoms. The summed E-state index contributed by atoms with van der Waals surface area (Å²) in [6, 6.07) is 10.1. The third-order valence-electron chi connectivity index (χ3n) is 5.88. The van der Waals surface area contributed by atoms with Crippen LogP contribution in [0.4, 0.5) is 5.82 Å². The molecule has 0 bridgehead atoms. The fourth-order valence-electron chi connectivity index (χ4n) is 4.00. The van der Waals surface area contributed by atoms with E-state index in [0.717, 1.165) is 34.7 Å². The second-order valence-electron chi connectivity index (χ2n) is 10.1. The molecule has 4 rings (SSSR count). The molecule has 0 aliphatic heterocycles. The quantitative estimate of drug-likeness (QED) is 0.177. The minimum absolute atomic E-state index is 0.113. The van der Waals surface area contributed by atoms with Crippen LogP contribution in [0, 0.1) is 0 Å². The number of carbonyl (C=O) groups is 2. The van der Waals surface area contributed by atoms with Gasteiger partial charge in [0.25, 0.3) is 0 Å². The highest BCUT2D eigenvalue weighted by molar-refractivity contribution is 6.76. The molecule has 0 aliphatic rings. The Bertz CT molecular complexity index is 1430. The lowest BCUT2D eigenvalue weighted by atomic mass is 10.0. The summed E-state index contributed by atoms with van der Waals surface area (Å²) in [5, 5.41) is 12.2. The molecule has 4 heterocycles. The SMILES string of the molecule is CC(=O)Nc1cc(-c2c(-c3ccc(CO)cn3)c3ncc(C=O)cc3n2COCC[Si](C)(C)C)ccn1. The highest BCUT2D eigenvalue weighted by Gasteiger charge is 2.23. The number of hydrogen-bond acceptors (Lipinski definition) is 7. The van der Waals surface area contributed by atoms with Gasteiger partial charge in [-0.2, -0.15) is 0 Å². The molecular weight excluding hydrogens is 486 g/mol. The van der Waals surface area contributed by atoms with E-state index in [4.69, 9.17) is 4.74 Å². The number of amides is 1. The first-order valence-corrected chi connectivity index (χ1v) is 15.8. The van der Waals surface area contributed by atoms with Crippen molar-refractivity contribution in [1.29, 1.82) is 0 Å². The molecule has 0 unspecified atom stereocenters. The predicted molar refractivity (Wildman–Crippen MR) is 146 cm³/mol. The minimum Gasteiger partial charge on any atom is -0.392 e. The summed E-state index contributed by atoms with van der Waals surface area (Å²) in [6.07, 6.45) is 5.56. The van der Waals surface area contributed by atoms with Crippen molar-refractivity contribution in [2.45, 2.75) is 45.9 Å². The second kappa shape index (κ2) is 11.1. The number of aliphatic hydroxyl groups is 1. The molecule has 0 saturated heterocycles. The van der Waals surface area contributed by atoms with Crippen molar-refractivity contribution in [3.63, 3.8) is 0 Å². The summed E-state index contributed by atoms with van der Waals surface area (Å²) < 4.78 is 8.15. The monoisotopic (exact) mass is 517 g/mol. The van der Waals surface area contributed by atoms with Crippen LogP contribution in [0.15, 0.2) is 48.9 Å². The predicted octanol–water partition coefficient (Wildman–Crippen LogP) is 4.74. The lowest BCUT2D eigenvalue weighted by Gasteiger charge is -2.17. The van der Waals surface area contributed by atoms with Crippen LogP contribution in [0.25, 0.3) is 33.5 Å². The number of aldehydes is 1. The van der Waals surface area contributed by atoms with Crippen LogP contribution in [0.1, 0.15) is 22.8 Å². The molecule has 0 fully saturated rings. The minimum atomic E-state index is -1.29. The van der Waals surface area contributed by atoms with E-state index in [-0.39, 0.29) is 19.2 Å². The van der Waals surface area contributed by atoms with Gasteiger partial charge < -0.3 is 19.7 Å². The summed E-state index contributed by atoms with van der Waals surface area (Å²) in [7, 11) is -1.29. The lowest BCUT2D eigenvalue weighted by Crippen LogP contribution is -2.22. The van der Waals surface area contributed by atoms with Crippen molar-refractivity contribution >= 4 is 37.1 Å². The maximum atomic E-state index is 11.7. The summed E-state index contributed by atoms with van der Waals surface area (Å²) in [6.45, 7) is 9.07. The van der Waals surface area contributed by atoms with Gasteiger partial charge >= 0.3 is 0 Å². The van der Waals surface area contributed by atoms with E-state index in [1.807, 2.05) is 22.8 Å². The number of hydrogen-bond donors (Lipinski definition) is 2. The first-order valence-electron chi connectivity index (χ1n) is 12.1. The van der Waals surface area contributed by atoms with Gasteiger partial charge in [0.15, 0.2) is 6.29 Å². The highest BCUT2D eigenvalue weighted by atomic mass is 28.3. The fourth-order valence-corrected chi connectivity index (χ4v) is 4.76. The Hall–Kier alpha value is -3.73. The summed E-state index contributed by atoms with van der Waals surface area (Å²) in [5.41, 5.74) is 5.50. The number of anilines is 1. The number of rotatable bonds is 10. The average molecular weight is 518 g/mol. The Balaban J connectivity index is 1.95. The number of aromatic nitrogens is 4. The van der Waals surface area contributed by atoms with Crippen molar-refractivity contribution in [1.82, 2.24) is 19.5 Å². The molecule has 37 heavy (non-hydrogen) atoms. The van der Waals surface area contributed by atoms with E-state index < -0.39 is 8.07 Å². The Labute approximate surface area is 216 Å². The fraction of sp³-hybridized carbons (Fsp3) is 0.296. The van der Waals surface area contributed by atoms with Crippen molar-refractivity contribution < 1.29 is 19.4 Å².